The second kappa shape index (κ2) is 6.48. The number of ether oxygens (including phenoxy) is 1. The fraction of sp³-hybridized carbons (Fsp3) is 0.130. The zero-order valence-electron chi connectivity index (χ0n) is 14.6. The highest BCUT2D eigenvalue weighted by molar-refractivity contribution is 5.86. The summed E-state index contributed by atoms with van der Waals surface area (Å²) in [4.78, 5) is 0. The minimum atomic E-state index is 0.883. The van der Waals surface area contributed by atoms with E-state index in [1.54, 1.807) is 7.11 Å². The van der Waals surface area contributed by atoms with Crippen LogP contribution in [0.25, 0.3) is 22.0 Å². The lowest BCUT2D eigenvalue weighted by Gasteiger charge is -2.10. The van der Waals surface area contributed by atoms with E-state index in [1.807, 2.05) is 12.1 Å². The van der Waals surface area contributed by atoms with Gasteiger partial charge in [0.25, 0.3) is 0 Å². The standard InChI is InChI=1S/C23H21NO/c1-17-14-21-9-8-20(19-10-12-22(25-2)13-11-19)15-23(21)24(17)16-18-6-4-3-5-7-18/h3-15H,16H2,1-2H3. The third kappa shape index (κ3) is 3.03. The van der Waals surface area contributed by atoms with Gasteiger partial charge < -0.3 is 9.30 Å². The topological polar surface area (TPSA) is 14.2 Å². The van der Waals surface area contributed by atoms with Crippen molar-refractivity contribution in [1.82, 2.24) is 4.57 Å². The number of rotatable bonds is 4. The van der Waals surface area contributed by atoms with Crippen LogP contribution in [0.2, 0.25) is 0 Å². The first-order valence-electron chi connectivity index (χ1n) is 8.53. The molecule has 0 spiro atoms. The molecule has 1 heterocycles. The molecule has 0 aliphatic carbocycles. The molecular formula is C23H21NO. The van der Waals surface area contributed by atoms with Crippen LogP contribution >= 0.6 is 0 Å². The Morgan fingerprint density at radius 2 is 1.52 bits per heavy atom. The van der Waals surface area contributed by atoms with Gasteiger partial charge in [-0.2, -0.15) is 0 Å². The van der Waals surface area contributed by atoms with E-state index in [-0.39, 0.29) is 0 Å². The van der Waals surface area contributed by atoms with Crippen molar-refractivity contribution in [2.45, 2.75) is 13.5 Å². The molecule has 0 saturated carbocycles. The Bertz CT molecular complexity index is 998. The Labute approximate surface area is 148 Å². The predicted molar refractivity (Wildman–Crippen MR) is 104 cm³/mol. The van der Waals surface area contributed by atoms with E-state index >= 15 is 0 Å². The number of aromatic nitrogens is 1. The van der Waals surface area contributed by atoms with Crippen LogP contribution in [0.5, 0.6) is 5.75 Å². The molecule has 1 aromatic heterocycles. The first-order valence-corrected chi connectivity index (χ1v) is 8.53. The average molecular weight is 327 g/mol. The van der Waals surface area contributed by atoms with Crippen molar-refractivity contribution in [3.63, 3.8) is 0 Å². The van der Waals surface area contributed by atoms with Gasteiger partial charge in [0, 0.05) is 17.8 Å². The monoisotopic (exact) mass is 327 g/mol. The van der Waals surface area contributed by atoms with Gasteiger partial charge in [-0.1, -0.05) is 54.6 Å². The number of aryl methyl sites for hydroxylation is 1. The number of benzene rings is 3. The lowest BCUT2D eigenvalue weighted by molar-refractivity contribution is 0.415. The maximum absolute atomic E-state index is 5.26. The Hall–Kier alpha value is -3.00. The normalized spacial score (nSPS) is 11.0. The van der Waals surface area contributed by atoms with Crippen molar-refractivity contribution in [1.29, 1.82) is 0 Å². The SMILES string of the molecule is COc1ccc(-c2ccc3cc(C)n(Cc4ccccc4)c3c2)cc1. The molecule has 0 amide bonds. The third-order valence-electron chi connectivity index (χ3n) is 4.72. The van der Waals surface area contributed by atoms with Crippen LogP contribution < -0.4 is 4.74 Å². The van der Waals surface area contributed by atoms with Crippen LogP contribution in [-0.2, 0) is 6.54 Å². The van der Waals surface area contributed by atoms with E-state index in [0.29, 0.717) is 0 Å². The third-order valence-corrected chi connectivity index (χ3v) is 4.72. The zero-order chi connectivity index (χ0) is 17.2. The van der Waals surface area contributed by atoms with Crippen LogP contribution in [0.1, 0.15) is 11.3 Å². The molecule has 0 atom stereocenters. The first kappa shape index (κ1) is 15.5. The molecule has 3 aromatic carbocycles. The number of methoxy groups -OCH3 is 1. The molecule has 0 aliphatic rings. The highest BCUT2D eigenvalue weighted by Crippen LogP contribution is 2.28. The molecule has 2 nitrogen and oxygen atoms in total. The Morgan fingerprint density at radius 1 is 0.800 bits per heavy atom. The summed E-state index contributed by atoms with van der Waals surface area (Å²) >= 11 is 0. The minimum Gasteiger partial charge on any atom is -0.497 e. The molecule has 124 valence electrons. The lowest BCUT2D eigenvalue weighted by Crippen LogP contribution is -2.01. The van der Waals surface area contributed by atoms with E-state index in [9.17, 15) is 0 Å². The Balaban J connectivity index is 1.77. The number of fused-ring (bicyclic) bond motifs is 1. The Morgan fingerprint density at radius 3 is 2.24 bits per heavy atom. The quantitative estimate of drug-likeness (QED) is 0.471. The average Bonchev–Trinajstić information content (AvgIpc) is 2.97. The van der Waals surface area contributed by atoms with E-state index in [1.165, 1.54) is 33.3 Å². The van der Waals surface area contributed by atoms with Crippen LogP contribution in [-0.4, -0.2) is 11.7 Å². The van der Waals surface area contributed by atoms with E-state index in [4.69, 9.17) is 4.74 Å². The van der Waals surface area contributed by atoms with Gasteiger partial charge in [0.15, 0.2) is 0 Å². The zero-order valence-corrected chi connectivity index (χ0v) is 14.6. The summed E-state index contributed by atoms with van der Waals surface area (Å²) in [5, 5.41) is 1.28. The molecule has 0 aliphatic heterocycles. The molecule has 0 radical (unpaired) electrons. The van der Waals surface area contributed by atoms with Gasteiger partial charge >= 0.3 is 0 Å². The second-order valence-corrected chi connectivity index (χ2v) is 6.36. The molecule has 0 N–H and O–H groups in total. The van der Waals surface area contributed by atoms with Crippen LogP contribution in [0, 0.1) is 6.92 Å². The van der Waals surface area contributed by atoms with Gasteiger partial charge in [0.1, 0.15) is 5.75 Å². The fourth-order valence-electron chi connectivity index (χ4n) is 3.33. The molecule has 2 heteroatoms. The predicted octanol–water partition coefficient (Wildman–Crippen LogP) is 5.67. The van der Waals surface area contributed by atoms with Crippen LogP contribution in [0.3, 0.4) is 0 Å². The summed E-state index contributed by atoms with van der Waals surface area (Å²) < 4.78 is 7.65. The van der Waals surface area contributed by atoms with Crippen molar-refractivity contribution < 1.29 is 4.74 Å². The van der Waals surface area contributed by atoms with E-state index in [0.717, 1.165) is 12.3 Å². The summed E-state index contributed by atoms with van der Waals surface area (Å²) in [6.45, 7) is 3.07. The highest BCUT2D eigenvalue weighted by atomic mass is 16.5. The van der Waals surface area contributed by atoms with Gasteiger partial charge in [-0.15, -0.1) is 0 Å². The first-order chi connectivity index (χ1) is 12.2. The Kier molecular flexibility index (Phi) is 4.02. The van der Waals surface area contributed by atoms with Crippen LogP contribution in [0.4, 0.5) is 0 Å². The molecule has 0 saturated heterocycles. The van der Waals surface area contributed by atoms with Crippen molar-refractivity contribution in [2.24, 2.45) is 0 Å². The van der Waals surface area contributed by atoms with Crippen molar-refractivity contribution in [3.05, 3.63) is 90.1 Å². The van der Waals surface area contributed by atoms with Gasteiger partial charge in [0.05, 0.1) is 7.11 Å². The van der Waals surface area contributed by atoms with E-state index < -0.39 is 0 Å². The van der Waals surface area contributed by atoms with Gasteiger partial charge in [-0.25, -0.2) is 0 Å². The summed E-state index contributed by atoms with van der Waals surface area (Å²) in [7, 11) is 1.69. The van der Waals surface area contributed by atoms with Gasteiger partial charge in [-0.05, 0) is 53.3 Å². The molecule has 4 rings (SSSR count). The molecule has 0 bridgehead atoms. The van der Waals surface area contributed by atoms with Gasteiger partial charge in [-0.3, -0.25) is 0 Å². The number of hydrogen-bond acceptors (Lipinski definition) is 1. The summed E-state index contributed by atoms with van der Waals surface area (Å²) in [6.07, 6.45) is 0. The summed E-state index contributed by atoms with van der Waals surface area (Å²) in [5.41, 5.74) is 6.30. The smallest absolute Gasteiger partial charge is 0.118 e. The fourth-order valence-corrected chi connectivity index (χ4v) is 3.33. The molecule has 4 aromatic rings. The number of hydrogen-bond donors (Lipinski definition) is 0. The lowest BCUT2D eigenvalue weighted by atomic mass is 10.0. The summed E-state index contributed by atoms with van der Waals surface area (Å²) in [5.74, 6) is 0.883. The maximum atomic E-state index is 5.26. The maximum Gasteiger partial charge on any atom is 0.118 e. The van der Waals surface area contributed by atoms with Gasteiger partial charge in [0.2, 0.25) is 0 Å². The van der Waals surface area contributed by atoms with Crippen molar-refractivity contribution in [3.8, 4) is 16.9 Å². The van der Waals surface area contributed by atoms with E-state index in [2.05, 4.69) is 78.2 Å². The number of nitrogens with zero attached hydrogens (tertiary/aromatic N) is 1. The largest absolute Gasteiger partial charge is 0.497 e. The molecular weight excluding hydrogens is 306 g/mol. The van der Waals surface area contributed by atoms with Crippen molar-refractivity contribution in [2.75, 3.05) is 7.11 Å². The summed E-state index contributed by atoms with van der Waals surface area (Å²) in [6, 6.07) is 27.8. The van der Waals surface area contributed by atoms with Crippen molar-refractivity contribution >= 4 is 10.9 Å². The minimum absolute atomic E-state index is 0.883. The second-order valence-electron chi connectivity index (χ2n) is 6.36. The highest BCUT2D eigenvalue weighted by Gasteiger charge is 2.08. The molecule has 0 fully saturated rings. The molecule has 25 heavy (non-hydrogen) atoms. The molecule has 0 unspecified atom stereocenters. The van der Waals surface area contributed by atoms with Crippen LogP contribution in [0.15, 0.2) is 78.9 Å².